The van der Waals surface area contributed by atoms with E-state index >= 15 is 0 Å². The zero-order valence-electron chi connectivity index (χ0n) is 11.1. The van der Waals surface area contributed by atoms with Crippen LogP contribution in [0.3, 0.4) is 0 Å². The number of rotatable bonds is 3. The molecule has 0 fully saturated rings. The fourth-order valence-electron chi connectivity index (χ4n) is 1.84. The number of aromatic hydroxyl groups is 1. The Kier molecular flexibility index (Phi) is 3.89. The van der Waals surface area contributed by atoms with Crippen LogP contribution < -0.4 is 10.1 Å². The molecule has 2 aromatic rings. The molecule has 0 aliphatic heterocycles. The standard InChI is InChI=1S/C15H14FNO3/c1-9-7-10(3-6-14(9)20-2)17-15(19)12-5-4-11(18)8-13(12)16/h3-8,18H,1-2H3,(H,17,19). The summed E-state index contributed by atoms with van der Waals surface area (Å²) in [5.74, 6) is -0.863. The number of aryl methyl sites for hydroxylation is 1. The van der Waals surface area contributed by atoms with Crippen molar-refractivity contribution < 1.29 is 19.0 Å². The van der Waals surface area contributed by atoms with Crippen molar-refractivity contribution in [2.75, 3.05) is 12.4 Å². The molecule has 0 aliphatic carbocycles. The van der Waals surface area contributed by atoms with Gasteiger partial charge in [0.05, 0.1) is 12.7 Å². The lowest BCUT2D eigenvalue weighted by atomic mass is 10.1. The first-order chi connectivity index (χ1) is 9.51. The molecule has 104 valence electrons. The molecule has 0 bridgehead atoms. The summed E-state index contributed by atoms with van der Waals surface area (Å²) >= 11 is 0. The van der Waals surface area contributed by atoms with Crippen LogP contribution in [0.4, 0.5) is 10.1 Å². The van der Waals surface area contributed by atoms with Crippen LogP contribution in [-0.4, -0.2) is 18.1 Å². The monoisotopic (exact) mass is 275 g/mol. The Balaban J connectivity index is 2.21. The van der Waals surface area contributed by atoms with Gasteiger partial charge in [-0.05, 0) is 42.8 Å². The van der Waals surface area contributed by atoms with E-state index in [-0.39, 0.29) is 11.3 Å². The minimum absolute atomic E-state index is 0.128. The number of anilines is 1. The number of carbonyl (C=O) groups is 1. The van der Waals surface area contributed by atoms with Crippen LogP contribution in [0.15, 0.2) is 36.4 Å². The Hall–Kier alpha value is -2.56. The minimum Gasteiger partial charge on any atom is -0.508 e. The molecule has 0 saturated carbocycles. The van der Waals surface area contributed by atoms with E-state index in [1.54, 1.807) is 25.3 Å². The Bertz CT molecular complexity index is 656. The molecule has 0 heterocycles. The molecule has 2 aromatic carbocycles. The van der Waals surface area contributed by atoms with Gasteiger partial charge < -0.3 is 15.2 Å². The summed E-state index contributed by atoms with van der Waals surface area (Å²) in [6.07, 6.45) is 0. The van der Waals surface area contributed by atoms with Crippen molar-refractivity contribution in [2.24, 2.45) is 0 Å². The SMILES string of the molecule is COc1ccc(NC(=O)c2ccc(O)cc2F)cc1C. The minimum atomic E-state index is -0.771. The number of amides is 1. The molecule has 0 aromatic heterocycles. The average molecular weight is 275 g/mol. The van der Waals surface area contributed by atoms with Crippen molar-refractivity contribution in [1.82, 2.24) is 0 Å². The summed E-state index contributed by atoms with van der Waals surface area (Å²) in [5.41, 5.74) is 1.27. The summed E-state index contributed by atoms with van der Waals surface area (Å²) in [6, 6.07) is 8.51. The van der Waals surface area contributed by atoms with Crippen molar-refractivity contribution in [3.8, 4) is 11.5 Å². The predicted octanol–water partition coefficient (Wildman–Crippen LogP) is 3.10. The van der Waals surface area contributed by atoms with Crippen LogP contribution in [0.1, 0.15) is 15.9 Å². The van der Waals surface area contributed by atoms with Crippen LogP contribution in [0.2, 0.25) is 0 Å². The van der Waals surface area contributed by atoms with Crippen LogP contribution in [-0.2, 0) is 0 Å². The predicted molar refractivity (Wildman–Crippen MR) is 73.7 cm³/mol. The van der Waals surface area contributed by atoms with Crippen molar-refractivity contribution in [1.29, 1.82) is 0 Å². The Labute approximate surface area is 115 Å². The van der Waals surface area contributed by atoms with Gasteiger partial charge >= 0.3 is 0 Å². The summed E-state index contributed by atoms with van der Waals surface area (Å²) in [4.78, 5) is 11.9. The summed E-state index contributed by atoms with van der Waals surface area (Å²) in [7, 11) is 1.56. The molecule has 2 rings (SSSR count). The van der Waals surface area contributed by atoms with Crippen molar-refractivity contribution in [2.45, 2.75) is 6.92 Å². The Morgan fingerprint density at radius 3 is 2.60 bits per heavy atom. The normalized spacial score (nSPS) is 10.2. The fraction of sp³-hybridized carbons (Fsp3) is 0.133. The van der Waals surface area contributed by atoms with Gasteiger partial charge in [-0.3, -0.25) is 4.79 Å². The average Bonchev–Trinajstić information content (AvgIpc) is 2.38. The summed E-state index contributed by atoms with van der Waals surface area (Å²) < 4.78 is 18.7. The third kappa shape index (κ3) is 2.88. The molecule has 0 radical (unpaired) electrons. The van der Waals surface area contributed by atoms with E-state index in [0.717, 1.165) is 11.6 Å². The van der Waals surface area contributed by atoms with Gasteiger partial charge in [0, 0.05) is 11.8 Å². The molecule has 0 saturated heterocycles. The summed E-state index contributed by atoms with van der Waals surface area (Å²) in [6.45, 7) is 1.84. The van der Waals surface area contributed by atoms with E-state index in [2.05, 4.69) is 5.32 Å². The second kappa shape index (κ2) is 5.61. The maximum absolute atomic E-state index is 13.6. The molecule has 0 atom stereocenters. The van der Waals surface area contributed by atoms with Crippen molar-refractivity contribution >= 4 is 11.6 Å². The number of phenolic OH excluding ortho intramolecular Hbond substituents is 1. The number of hydrogen-bond donors (Lipinski definition) is 2. The van der Waals surface area contributed by atoms with Crippen LogP contribution in [0.25, 0.3) is 0 Å². The van der Waals surface area contributed by atoms with E-state index in [9.17, 15) is 9.18 Å². The molecule has 0 aliphatic rings. The van der Waals surface area contributed by atoms with Gasteiger partial charge in [-0.25, -0.2) is 4.39 Å². The number of ether oxygens (including phenoxy) is 1. The van der Waals surface area contributed by atoms with E-state index in [1.807, 2.05) is 6.92 Å². The lowest BCUT2D eigenvalue weighted by molar-refractivity contribution is 0.102. The first-order valence-electron chi connectivity index (χ1n) is 5.96. The number of hydrogen-bond acceptors (Lipinski definition) is 3. The topological polar surface area (TPSA) is 58.6 Å². The second-order valence-electron chi connectivity index (χ2n) is 4.30. The highest BCUT2D eigenvalue weighted by molar-refractivity contribution is 6.04. The third-order valence-corrected chi connectivity index (χ3v) is 2.85. The molecule has 20 heavy (non-hydrogen) atoms. The van der Waals surface area contributed by atoms with Gasteiger partial charge in [-0.15, -0.1) is 0 Å². The smallest absolute Gasteiger partial charge is 0.258 e. The quantitative estimate of drug-likeness (QED) is 0.905. The Morgan fingerprint density at radius 2 is 2.00 bits per heavy atom. The number of benzene rings is 2. The molecule has 4 nitrogen and oxygen atoms in total. The first kappa shape index (κ1) is 13.9. The first-order valence-corrected chi connectivity index (χ1v) is 5.96. The van der Waals surface area contributed by atoms with Crippen molar-refractivity contribution in [3.63, 3.8) is 0 Å². The molecule has 0 spiro atoms. The molecule has 1 amide bonds. The van der Waals surface area contributed by atoms with Gasteiger partial charge in [-0.2, -0.15) is 0 Å². The molecular weight excluding hydrogens is 261 g/mol. The maximum atomic E-state index is 13.6. The summed E-state index contributed by atoms with van der Waals surface area (Å²) in [5, 5.41) is 11.7. The zero-order chi connectivity index (χ0) is 14.7. The molecule has 2 N–H and O–H groups in total. The molecule has 0 unspecified atom stereocenters. The maximum Gasteiger partial charge on any atom is 0.258 e. The number of methoxy groups -OCH3 is 1. The van der Waals surface area contributed by atoms with E-state index in [0.29, 0.717) is 11.4 Å². The van der Waals surface area contributed by atoms with E-state index in [4.69, 9.17) is 9.84 Å². The van der Waals surface area contributed by atoms with Crippen LogP contribution >= 0.6 is 0 Å². The fourth-order valence-corrected chi connectivity index (χ4v) is 1.84. The van der Waals surface area contributed by atoms with Crippen LogP contribution in [0.5, 0.6) is 11.5 Å². The number of phenols is 1. The number of nitrogens with one attached hydrogen (secondary N) is 1. The van der Waals surface area contributed by atoms with Gasteiger partial charge in [0.1, 0.15) is 17.3 Å². The zero-order valence-corrected chi connectivity index (χ0v) is 11.1. The third-order valence-electron chi connectivity index (χ3n) is 2.85. The lowest BCUT2D eigenvalue weighted by Crippen LogP contribution is -2.13. The van der Waals surface area contributed by atoms with Crippen molar-refractivity contribution in [3.05, 3.63) is 53.3 Å². The molecule has 5 heteroatoms. The highest BCUT2D eigenvalue weighted by Crippen LogP contribution is 2.22. The van der Waals surface area contributed by atoms with E-state index < -0.39 is 11.7 Å². The highest BCUT2D eigenvalue weighted by atomic mass is 19.1. The van der Waals surface area contributed by atoms with Gasteiger partial charge in [0.25, 0.3) is 5.91 Å². The molecular formula is C15H14FNO3. The van der Waals surface area contributed by atoms with Crippen LogP contribution in [0, 0.1) is 12.7 Å². The largest absolute Gasteiger partial charge is 0.508 e. The van der Waals surface area contributed by atoms with Gasteiger partial charge in [0.2, 0.25) is 0 Å². The van der Waals surface area contributed by atoms with E-state index in [1.165, 1.54) is 12.1 Å². The van der Waals surface area contributed by atoms with Gasteiger partial charge in [0.15, 0.2) is 0 Å². The Morgan fingerprint density at radius 1 is 1.25 bits per heavy atom. The lowest BCUT2D eigenvalue weighted by Gasteiger charge is -2.09. The second-order valence-corrected chi connectivity index (χ2v) is 4.30. The highest BCUT2D eigenvalue weighted by Gasteiger charge is 2.12. The number of carbonyl (C=O) groups excluding carboxylic acids is 1. The van der Waals surface area contributed by atoms with Gasteiger partial charge in [-0.1, -0.05) is 0 Å². The number of halogens is 1.